The molecule has 1 amide bonds. The molecule has 0 bridgehead atoms. The van der Waals surface area contributed by atoms with Crippen LogP contribution in [0.15, 0.2) is 40.4 Å². The highest BCUT2D eigenvalue weighted by Gasteiger charge is 2.40. The zero-order valence-electron chi connectivity index (χ0n) is 20.1. The number of carbonyl (C=O) groups excluding carboxylic acids is 1. The van der Waals surface area contributed by atoms with Crippen LogP contribution in [0.3, 0.4) is 0 Å². The van der Waals surface area contributed by atoms with E-state index in [-0.39, 0.29) is 19.1 Å². The molecule has 0 N–H and O–H groups in total. The van der Waals surface area contributed by atoms with Gasteiger partial charge in [-0.1, -0.05) is 13.5 Å². The molecule has 2 unspecified atom stereocenters. The van der Waals surface area contributed by atoms with Crippen molar-refractivity contribution in [3.63, 3.8) is 0 Å². The van der Waals surface area contributed by atoms with Crippen molar-refractivity contribution in [1.29, 1.82) is 0 Å². The lowest BCUT2D eigenvalue weighted by Crippen LogP contribution is -2.45. The first kappa shape index (κ1) is 28.2. The number of nitrogens with zero attached hydrogens (tertiary/aromatic N) is 4. The maximum absolute atomic E-state index is 13.1. The van der Waals surface area contributed by atoms with Crippen LogP contribution in [0.2, 0.25) is 0 Å². The van der Waals surface area contributed by atoms with E-state index in [1.54, 1.807) is 20.9 Å². The summed E-state index contributed by atoms with van der Waals surface area (Å²) in [6.07, 6.45) is -7.25. The van der Waals surface area contributed by atoms with Gasteiger partial charge in [0.05, 0.1) is 18.3 Å². The van der Waals surface area contributed by atoms with Gasteiger partial charge in [0, 0.05) is 36.0 Å². The maximum Gasteiger partial charge on any atom is 0.415 e. The first-order valence-corrected chi connectivity index (χ1v) is 10.9. The van der Waals surface area contributed by atoms with Crippen molar-refractivity contribution < 1.29 is 35.9 Å². The first-order valence-electron chi connectivity index (χ1n) is 10.9. The number of anilines is 1. The fourth-order valence-electron chi connectivity index (χ4n) is 3.81. The molecule has 1 aromatic heterocycles. The Balaban J connectivity index is 2.58. The van der Waals surface area contributed by atoms with Crippen LogP contribution in [0.1, 0.15) is 50.9 Å². The lowest BCUT2D eigenvalue weighted by Gasteiger charge is -2.37. The van der Waals surface area contributed by atoms with Crippen molar-refractivity contribution in [3.05, 3.63) is 46.7 Å². The van der Waals surface area contributed by atoms with E-state index in [1.807, 2.05) is 6.92 Å². The highest BCUT2D eigenvalue weighted by atomic mass is 19.4. The largest absolute Gasteiger partial charge is 0.449 e. The Hall–Kier alpha value is -3.05. The van der Waals surface area contributed by atoms with Gasteiger partial charge in [-0.3, -0.25) is 14.6 Å². The Morgan fingerprint density at radius 3 is 2.34 bits per heavy atom. The van der Waals surface area contributed by atoms with E-state index in [2.05, 4.69) is 16.7 Å². The van der Waals surface area contributed by atoms with Gasteiger partial charge in [-0.15, -0.1) is 0 Å². The summed E-state index contributed by atoms with van der Waals surface area (Å²) >= 11 is 0. The molecule has 0 spiro atoms. The maximum atomic E-state index is 13.1. The molecule has 0 saturated carbocycles. The fourth-order valence-corrected chi connectivity index (χ4v) is 3.81. The minimum atomic E-state index is -4.82. The van der Waals surface area contributed by atoms with Gasteiger partial charge in [0.2, 0.25) is 0 Å². The number of aryl methyl sites for hydroxylation is 2. The SMILES string of the molecule is C=C(/C=C(C=NC1CC(CC)N(C(=O)OCC)c2c1c(C)nn2C)\C=C(/C)C(F)(F)F)C(F)(F)F. The van der Waals surface area contributed by atoms with Crippen molar-refractivity contribution in [1.82, 2.24) is 9.78 Å². The van der Waals surface area contributed by atoms with Crippen LogP contribution >= 0.6 is 0 Å². The summed E-state index contributed by atoms with van der Waals surface area (Å²) in [5.41, 5.74) is -1.74. The van der Waals surface area contributed by atoms with Crippen LogP contribution in [0.25, 0.3) is 0 Å². The third-order valence-electron chi connectivity index (χ3n) is 5.53. The van der Waals surface area contributed by atoms with Crippen molar-refractivity contribution in [2.75, 3.05) is 11.5 Å². The van der Waals surface area contributed by atoms with Gasteiger partial charge < -0.3 is 4.74 Å². The van der Waals surface area contributed by atoms with E-state index >= 15 is 0 Å². The van der Waals surface area contributed by atoms with Crippen molar-refractivity contribution in [2.45, 2.75) is 65.0 Å². The van der Waals surface area contributed by atoms with Gasteiger partial charge in [0.25, 0.3) is 0 Å². The second-order valence-electron chi connectivity index (χ2n) is 8.10. The predicted molar refractivity (Wildman–Crippen MR) is 120 cm³/mol. The van der Waals surface area contributed by atoms with Gasteiger partial charge >= 0.3 is 18.4 Å². The van der Waals surface area contributed by atoms with Gasteiger partial charge in [-0.2, -0.15) is 31.4 Å². The molecule has 0 fully saturated rings. The molecule has 1 aromatic rings. The summed E-state index contributed by atoms with van der Waals surface area (Å²) in [6.45, 7) is 9.03. The standard InChI is InChI=1S/C23H28F6N4O2/c1-7-17-11-18(19-15(5)31-32(6)20(19)33(17)21(34)35-8-2)30-12-16(9-13(3)22(24,25)26)10-14(4)23(27,28)29/h9-10,12,17-18H,3,7-8,11H2,1-2,4-6H3/b14-10+,16-9+,30-12?. The molecular formula is C23H28F6N4O2. The van der Waals surface area contributed by atoms with Crippen LogP contribution in [0.5, 0.6) is 0 Å². The summed E-state index contributed by atoms with van der Waals surface area (Å²) in [4.78, 5) is 18.5. The number of aromatic nitrogens is 2. The normalized spacial score (nSPS) is 19.8. The number of carbonyl (C=O) groups is 1. The lowest BCUT2D eigenvalue weighted by molar-refractivity contribution is -0.0913. The van der Waals surface area contributed by atoms with Crippen molar-refractivity contribution in [3.8, 4) is 0 Å². The third-order valence-corrected chi connectivity index (χ3v) is 5.53. The molecule has 35 heavy (non-hydrogen) atoms. The molecule has 2 atom stereocenters. The smallest absolute Gasteiger partial charge is 0.415 e. The quantitative estimate of drug-likeness (QED) is 0.250. The molecule has 0 aromatic carbocycles. The predicted octanol–water partition coefficient (Wildman–Crippen LogP) is 6.54. The molecule has 194 valence electrons. The zero-order chi connectivity index (χ0) is 26.7. The number of amides is 1. The third kappa shape index (κ3) is 6.55. The number of aliphatic imine (C=N–C) groups is 1. The molecule has 2 rings (SSSR count). The van der Waals surface area contributed by atoms with E-state index in [0.717, 1.165) is 13.1 Å². The van der Waals surface area contributed by atoms with Crippen LogP contribution in [-0.2, 0) is 11.8 Å². The molecule has 1 aliphatic rings. The van der Waals surface area contributed by atoms with E-state index < -0.39 is 41.2 Å². The average Bonchev–Trinajstić information content (AvgIpc) is 3.04. The number of fused-ring (bicyclic) bond motifs is 1. The topological polar surface area (TPSA) is 59.7 Å². The fraction of sp³-hybridized carbons (Fsp3) is 0.522. The Morgan fingerprint density at radius 1 is 1.20 bits per heavy atom. The number of halogens is 6. The summed E-state index contributed by atoms with van der Waals surface area (Å²) in [5.74, 6) is 0.424. The molecule has 2 heterocycles. The molecular weight excluding hydrogens is 478 g/mol. The van der Waals surface area contributed by atoms with E-state index in [9.17, 15) is 31.1 Å². The summed E-state index contributed by atoms with van der Waals surface area (Å²) in [5, 5.41) is 4.35. The average molecular weight is 506 g/mol. The van der Waals surface area contributed by atoms with Gasteiger partial charge in [0.15, 0.2) is 0 Å². The van der Waals surface area contributed by atoms with Crippen LogP contribution < -0.4 is 4.90 Å². The van der Waals surface area contributed by atoms with E-state index in [0.29, 0.717) is 35.6 Å². The Morgan fingerprint density at radius 2 is 1.83 bits per heavy atom. The molecule has 6 nitrogen and oxygen atoms in total. The minimum absolute atomic E-state index is 0.154. The number of rotatable bonds is 6. The minimum Gasteiger partial charge on any atom is -0.449 e. The van der Waals surface area contributed by atoms with Crippen LogP contribution in [-0.4, -0.2) is 47.1 Å². The molecule has 0 radical (unpaired) electrons. The highest BCUT2D eigenvalue weighted by molar-refractivity contribution is 5.90. The van der Waals surface area contributed by atoms with Crippen molar-refractivity contribution >= 4 is 18.1 Å². The lowest BCUT2D eigenvalue weighted by atomic mass is 9.92. The number of hydrogen-bond donors (Lipinski definition) is 0. The number of hydrogen-bond acceptors (Lipinski definition) is 4. The monoisotopic (exact) mass is 506 g/mol. The van der Waals surface area contributed by atoms with E-state index in [4.69, 9.17) is 4.74 Å². The number of alkyl halides is 6. The van der Waals surface area contributed by atoms with Gasteiger partial charge in [-0.05, 0) is 51.3 Å². The second kappa shape index (κ2) is 10.7. The first-order chi connectivity index (χ1) is 16.1. The molecule has 0 aliphatic carbocycles. The summed E-state index contributed by atoms with van der Waals surface area (Å²) < 4.78 is 84.9. The highest BCUT2D eigenvalue weighted by Crippen LogP contribution is 2.42. The van der Waals surface area contributed by atoms with Crippen LogP contribution in [0.4, 0.5) is 37.0 Å². The summed E-state index contributed by atoms with van der Waals surface area (Å²) in [7, 11) is 1.63. The Labute approximate surface area is 199 Å². The zero-order valence-corrected chi connectivity index (χ0v) is 20.1. The summed E-state index contributed by atoms with van der Waals surface area (Å²) in [6, 6.07) is -1.03. The number of ether oxygens (including phenoxy) is 1. The molecule has 12 heteroatoms. The van der Waals surface area contributed by atoms with Gasteiger partial charge in [-0.25, -0.2) is 4.79 Å². The van der Waals surface area contributed by atoms with Crippen molar-refractivity contribution in [2.24, 2.45) is 12.0 Å². The second-order valence-corrected chi connectivity index (χ2v) is 8.10. The van der Waals surface area contributed by atoms with Crippen LogP contribution in [0, 0.1) is 6.92 Å². The molecule has 1 aliphatic heterocycles. The van der Waals surface area contributed by atoms with E-state index in [1.165, 1.54) is 9.58 Å². The molecule has 0 saturated heterocycles. The van der Waals surface area contributed by atoms with Gasteiger partial charge in [0.1, 0.15) is 5.82 Å². The Kier molecular flexibility index (Phi) is 8.61. The number of allylic oxidation sites excluding steroid dienone is 5. The Bertz CT molecular complexity index is 1050.